The molecule has 1 heterocycles. The minimum atomic E-state index is -0.376. The Hall–Kier alpha value is -1.44. The topological polar surface area (TPSA) is 47.3 Å². The van der Waals surface area contributed by atoms with Gasteiger partial charge in [-0.05, 0) is 43.1 Å². The summed E-state index contributed by atoms with van der Waals surface area (Å²) in [5.74, 6) is -0.376. The fourth-order valence-corrected chi connectivity index (χ4v) is 2.35. The Morgan fingerprint density at radius 1 is 1.47 bits per heavy atom. The van der Waals surface area contributed by atoms with Crippen LogP contribution < -0.4 is 0 Å². The second kappa shape index (κ2) is 5.26. The fourth-order valence-electron chi connectivity index (χ4n) is 2.35. The molecule has 0 spiro atoms. The van der Waals surface area contributed by atoms with Crippen LogP contribution in [0.15, 0.2) is 18.2 Å². The van der Waals surface area contributed by atoms with E-state index in [1.165, 1.54) is 12.1 Å². The van der Waals surface area contributed by atoms with E-state index in [1.54, 1.807) is 6.07 Å². The number of benzene rings is 1. The highest BCUT2D eigenvalue weighted by Crippen LogP contribution is 2.20. The second-order valence-corrected chi connectivity index (χ2v) is 4.41. The Balaban J connectivity index is 2.13. The molecule has 1 fully saturated rings. The van der Waals surface area contributed by atoms with Crippen LogP contribution in [0.2, 0.25) is 0 Å². The molecule has 1 atom stereocenters. The number of rotatable bonds is 3. The Morgan fingerprint density at radius 3 is 3.00 bits per heavy atom. The molecule has 1 N–H and O–H groups in total. The quantitative estimate of drug-likeness (QED) is 0.865. The first-order valence-electron chi connectivity index (χ1n) is 5.77. The van der Waals surface area contributed by atoms with Crippen LogP contribution in [0.3, 0.4) is 0 Å². The van der Waals surface area contributed by atoms with Gasteiger partial charge in [0.1, 0.15) is 5.82 Å². The second-order valence-electron chi connectivity index (χ2n) is 4.41. The van der Waals surface area contributed by atoms with E-state index in [9.17, 15) is 9.50 Å². The third-order valence-corrected chi connectivity index (χ3v) is 3.18. The van der Waals surface area contributed by atoms with E-state index in [2.05, 4.69) is 4.90 Å². The molecule has 1 aliphatic heterocycles. The average Bonchev–Trinajstić information content (AvgIpc) is 2.75. The van der Waals surface area contributed by atoms with Crippen molar-refractivity contribution < 1.29 is 9.50 Å². The molecule has 1 aromatic rings. The third-order valence-electron chi connectivity index (χ3n) is 3.18. The van der Waals surface area contributed by atoms with Crippen molar-refractivity contribution in [3.05, 3.63) is 35.1 Å². The largest absolute Gasteiger partial charge is 0.395 e. The predicted molar refractivity (Wildman–Crippen MR) is 61.6 cm³/mol. The zero-order valence-corrected chi connectivity index (χ0v) is 9.56. The highest BCUT2D eigenvalue weighted by molar-refractivity contribution is 5.33. The molecule has 0 aromatic heterocycles. The van der Waals surface area contributed by atoms with Crippen molar-refractivity contribution in [1.29, 1.82) is 5.26 Å². The normalized spacial score (nSPS) is 20.4. The van der Waals surface area contributed by atoms with Gasteiger partial charge < -0.3 is 5.11 Å². The van der Waals surface area contributed by atoms with Crippen LogP contribution in [-0.2, 0) is 6.54 Å². The molecule has 0 radical (unpaired) electrons. The van der Waals surface area contributed by atoms with E-state index >= 15 is 0 Å². The van der Waals surface area contributed by atoms with Crippen molar-refractivity contribution in [1.82, 2.24) is 4.90 Å². The van der Waals surface area contributed by atoms with Gasteiger partial charge in [0, 0.05) is 12.6 Å². The van der Waals surface area contributed by atoms with Gasteiger partial charge in [-0.3, -0.25) is 4.90 Å². The lowest BCUT2D eigenvalue weighted by Crippen LogP contribution is -2.31. The lowest BCUT2D eigenvalue weighted by atomic mass is 10.1. The van der Waals surface area contributed by atoms with E-state index in [1.807, 2.05) is 6.07 Å². The maximum Gasteiger partial charge on any atom is 0.124 e. The van der Waals surface area contributed by atoms with Crippen LogP contribution in [0.5, 0.6) is 0 Å². The molecule has 4 heteroatoms. The van der Waals surface area contributed by atoms with Crippen LogP contribution in [-0.4, -0.2) is 29.2 Å². The Kier molecular flexibility index (Phi) is 3.72. The van der Waals surface area contributed by atoms with Crippen LogP contribution in [0.25, 0.3) is 0 Å². The molecular weight excluding hydrogens is 219 g/mol. The van der Waals surface area contributed by atoms with Gasteiger partial charge in [0.25, 0.3) is 0 Å². The maximum absolute atomic E-state index is 13.2. The summed E-state index contributed by atoms with van der Waals surface area (Å²) in [6.45, 7) is 1.65. The summed E-state index contributed by atoms with van der Waals surface area (Å²) in [5, 5.41) is 18.0. The molecule has 0 saturated carbocycles. The van der Waals surface area contributed by atoms with Crippen molar-refractivity contribution in [3.8, 4) is 6.07 Å². The molecule has 0 bridgehead atoms. The van der Waals surface area contributed by atoms with Gasteiger partial charge >= 0.3 is 0 Å². The Labute approximate surface area is 100 Å². The lowest BCUT2D eigenvalue weighted by Gasteiger charge is -2.22. The molecule has 17 heavy (non-hydrogen) atoms. The zero-order chi connectivity index (χ0) is 12.3. The molecule has 0 aliphatic carbocycles. The number of halogens is 1. The highest BCUT2D eigenvalue weighted by atomic mass is 19.1. The smallest absolute Gasteiger partial charge is 0.124 e. The minimum absolute atomic E-state index is 0.139. The summed E-state index contributed by atoms with van der Waals surface area (Å²) >= 11 is 0. The standard InChI is InChI=1S/C13H15FN2O/c14-12-5-10(7-15)4-11(6-12)8-16-3-1-2-13(16)9-17/h4-6,13,17H,1-3,8-9H2/t13-/m1/s1. The SMILES string of the molecule is N#Cc1cc(F)cc(CN2CCC[C@@H]2CO)c1. The number of hydrogen-bond donors (Lipinski definition) is 1. The number of aliphatic hydroxyl groups is 1. The van der Waals surface area contributed by atoms with Crippen molar-refractivity contribution in [2.45, 2.75) is 25.4 Å². The average molecular weight is 234 g/mol. The summed E-state index contributed by atoms with van der Waals surface area (Å²) < 4.78 is 13.2. The van der Waals surface area contributed by atoms with Crippen molar-refractivity contribution >= 4 is 0 Å². The van der Waals surface area contributed by atoms with Crippen molar-refractivity contribution in [3.63, 3.8) is 0 Å². The molecule has 2 rings (SSSR count). The van der Waals surface area contributed by atoms with Crippen molar-refractivity contribution in [2.75, 3.05) is 13.2 Å². The molecule has 1 aliphatic rings. The van der Waals surface area contributed by atoms with Crippen LogP contribution in [0.1, 0.15) is 24.0 Å². The van der Waals surface area contributed by atoms with Crippen LogP contribution in [0.4, 0.5) is 4.39 Å². The molecule has 90 valence electrons. The predicted octanol–water partition coefficient (Wildman–Crippen LogP) is 1.65. The maximum atomic E-state index is 13.2. The van der Waals surface area contributed by atoms with Crippen molar-refractivity contribution in [2.24, 2.45) is 0 Å². The molecule has 1 aromatic carbocycles. The van der Waals surface area contributed by atoms with Gasteiger partial charge in [0.15, 0.2) is 0 Å². The first kappa shape index (κ1) is 12.0. The van der Waals surface area contributed by atoms with E-state index in [0.717, 1.165) is 24.9 Å². The number of hydrogen-bond acceptors (Lipinski definition) is 3. The van der Waals surface area contributed by atoms with Crippen LogP contribution >= 0.6 is 0 Å². The zero-order valence-electron chi connectivity index (χ0n) is 9.56. The first-order valence-corrected chi connectivity index (χ1v) is 5.77. The number of aliphatic hydroxyl groups excluding tert-OH is 1. The Morgan fingerprint density at radius 2 is 2.29 bits per heavy atom. The van der Waals surface area contributed by atoms with Gasteiger partial charge in [-0.2, -0.15) is 5.26 Å². The molecule has 0 unspecified atom stereocenters. The lowest BCUT2D eigenvalue weighted by molar-refractivity contribution is 0.153. The van der Waals surface area contributed by atoms with Gasteiger partial charge in [-0.1, -0.05) is 0 Å². The van der Waals surface area contributed by atoms with Gasteiger partial charge in [-0.15, -0.1) is 0 Å². The Bertz CT molecular complexity index is 442. The fraction of sp³-hybridized carbons (Fsp3) is 0.462. The third kappa shape index (κ3) is 2.82. The summed E-state index contributed by atoms with van der Waals surface area (Å²) in [6, 6.07) is 6.51. The van der Waals surface area contributed by atoms with Gasteiger partial charge in [0.2, 0.25) is 0 Å². The van der Waals surface area contributed by atoms with E-state index in [4.69, 9.17) is 5.26 Å². The van der Waals surface area contributed by atoms with E-state index in [0.29, 0.717) is 12.1 Å². The first-order chi connectivity index (χ1) is 8.22. The number of nitrogens with zero attached hydrogens (tertiary/aromatic N) is 2. The highest BCUT2D eigenvalue weighted by Gasteiger charge is 2.23. The molecular formula is C13H15FN2O. The summed E-state index contributed by atoms with van der Waals surface area (Å²) in [7, 11) is 0. The molecule has 3 nitrogen and oxygen atoms in total. The van der Waals surface area contributed by atoms with Gasteiger partial charge in [0.05, 0.1) is 18.2 Å². The van der Waals surface area contributed by atoms with Gasteiger partial charge in [-0.25, -0.2) is 4.39 Å². The van der Waals surface area contributed by atoms with E-state index < -0.39 is 0 Å². The minimum Gasteiger partial charge on any atom is -0.395 e. The summed E-state index contributed by atoms with van der Waals surface area (Å²) in [4.78, 5) is 2.13. The van der Waals surface area contributed by atoms with Crippen LogP contribution in [0, 0.1) is 17.1 Å². The van der Waals surface area contributed by atoms with E-state index in [-0.39, 0.29) is 18.5 Å². The molecule has 0 amide bonds. The summed E-state index contributed by atoms with van der Waals surface area (Å²) in [5.41, 5.74) is 1.14. The monoisotopic (exact) mass is 234 g/mol. The summed E-state index contributed by atoms with van der Waals surface area (Å²) in [6.07, 6.45) is 2.04. The molecule has 1 saturated heterocycles. The number of nitriles is 1. The number of likely N-dealkylation sites (tertiary alicyclic amines) is 1.